The Morgan fingerprint density at radius 2 is 1.89 bits per heavy atom. The van der Waals surface area contributed by atoms with Crippen LogP contribution in [0.3, 0.4) is 0 Å². The number of rotatable bonds is 9. The highest BCUT2D eigenvalue weighted by molar-refractivity contribution is 14.0. The molecule has 0 saturated carbocycles. The van der Waals surface area contributed by atoms with Gasteiger partial charge in [0.1, 0.15) is 0 Å². The van der Waals surface area contributed by atoms with Gasteiger partial charge in [-0.05, 0) is 38.4 Å². The molecule has 28 heavy (non-hydrogen) atoms. The molecule has 1 saturated heterocycles. The average molecular weight is 506 g/mol. The van der Waals surface area contributed by atoms with Gasteiger partial charge in [-0.25, -0.2) is 0 Å². The number of methoxy groups -OCH3 is 3. The number of nitrogens with one attached hydrogen (secondary N) is 2. The maximum absolute atomic E-state index is 5.55. The van der Waals surface area contributed by atoms with E-state index in [-0.39, 0.29) is 24.0 Å². The van der Waals surface area contributed by atoms with Gasteiger partial charge in [0.05, 0.1) is 21.3 Å². The third kappa shape index (κ3) is 6.30. The smallest absolute Gasteiger partial charge is 0.203 e. The van der Waals surface area contributed by atoms with Crippen molar-refractivity contribution in [3.63, 3.8) is 0 Å². The van der Waals surface area contributed by atoms with Crippen molar-refractivity contribution in [2.45, 2.75) is 32.2 Å². The molecule has 1 unspecified atom stereocenters. The van der Waals surface area contributed by atoms with Crippen molar-refractivity contribution in [3.8, 4) is 17.2 Å². The third-order valence-electron chi connectivity index (χ3n) is 5.11. The van der Waals surface area contributed by atoms with Crippen LogP contribution in [-0.4, -0.2) is 71.5 Å². The summed E-state index contributed by atoms with van der Waals surface area (Å²) in [6.07, 6.45) is 3.32. The Bertz CT molecular complexity index is 628. The number of likely N-dealkylation sites (N-methyl/N-ethyl adjacent to an activating group) is 1. The summed E-state index contributed by atoms with van der Waals surface area (Å²) in [5.74, 6) is 2.84. The molecule has 0 bridgehead atoms. The largest absolute Gasteiger partial charge is 0.493 e. The van der Waals surface area contributed by atoms with Crippen LogP contribution in [0.1, 0.15) is 25.3 Å². The molecule has 1 aliphatic heterocycles. The highest BCUT2D eigenvalue weighted by Gasteiger charge is 2.22. The van der Waals surface area contributed by atoms with E-state index in [0.717, 1.165) is 37.6 Å². The first-order chi connectivity index (χ1) is 13.2. The zero-order valence-electron chi connectivity index (χ0n) is 17.7. The first-order valence-electron chi connectivity index (χ1n) is 9.64. The van der Waals surface area contributed by atoms with Crippen LogP contribution in [0.15, 0.2) is 17.1 Å². The molecule has 0 aliphatic carbocycles. The molecular formula is C20H35IN4O3. The molecule has 2 N–H and O–H groups in total. The molecule has 1 heterocycles. The first kappa shape index (κ1) is 24.6. The summed E-state index contributed by atoms with van der Waals surface area (Å²) < 4.78 is 16.3. The maximum atomic E-state index is 5.55. The highest BCUT2D eigenvalue weighted by atomic mass is 127. The van der Waals surface area contributed by atoms with Gasteiger partial charge in [0.15, 0.2) is 17.5 Å². The number of hydrogen-bond acceptors (Lipinski definition) is 5. The van der Waals surface area contributed by atoms with Gasteiger partial charge in [-0.2, -0.15) is 0 Å². The van der Waals surface area contributed by atoms with Crippen molar-refractivity contribution in [2.75, 3.05) is 54.6 Å². The standard InChI is InChI=1S/C20H34N4O3.HI/c1-6-24-13-7-8-16(24)14-23-20(21-2)22-12-11-15-9-10-17(25-3)19(27-5)18(15)26-4;/h9-10,16H,6-8,11-14H2,1-5H3,(H2,21,22,23);1H. The van der Waals surface area contributed by atoms with E-state index in [0.29, 0.717) is 23.3 Å². The van der Waals surface area contributed by atoms with E-state index in [2.05, 4.69) is 27.4 Å². The van der Waals surface area contributed by atoms with Crippen LogP contribution in [0, 0.1) is 0 Å². The monoisotopic (exact) mass is 506 g/mol. The van der Waals surface area contributed by atoms with Gasteiger partial charge in [-0.15, -0.1) is 24.0 Å². The fraction of sp³-hybridized carbons (Fsp3) is 0.650. The number of ether oxygens (including phenoxy) is 3. The van der Waals surface area contributed by atoms with Crippen LogP contribution in [0.2, 0.25) is 0 Å². The molecule has 8 heteroatoms. The molecule has 1 aromatic carbocycles. The lowest BCUT2D eigenvalue weighted by atomic mass is 10.1. The van der Waals surface area contributed by atoms with Gasteiger partial charge >= 0.3 is 0 Å². The Morgan fingerprint density at radius 1 is 1.14 bits per heavy atom. The molecule has 2 rings (SSSR count). The Hall–Kier alpha value is -1.42. The fourth-order valence-corrected chi connectivity index (χ4v) is 3.65. The molecule has 1 aliphatic rings. The summed E-state index contributed by atoms with van der Waals surface area (Å²) in [4.78, 5) is 6.86. The molecule has 1 atom stereocenters. The van der Waals surface area contributed by atoms with E-state index >= 15 is 0 Å². The minimum absolute atomic E-state index is 0. The van der Waals surface area contributed by atoms with Gasteiger partial charge in [-0.1, -0.05) is 13.0 Å². The minimum Gasteiger partial charge on any atom is -0.493 e. The number of nitrogens with zero attached hydrogens (tertiary/aromatic N) is 2. The van der Waals surface area contributed by atoms with Gasteiger partial charge < -0.3 is 24.8 Å². The van der Waals surface area contributed by atoms with Crippen molar-refractivity contribution in [1.29, 1.82) is 0 Å². The average Bonchev–Trinajstić information content (AvgIpc) is 3.17. The van der Waals surface area contributed by atoms with Crippen LogP contribution in [-0.2, 0) is 6.42 Å². The molecule has 0 aromatic heterocycles. The molecule has 1 aromatic rings. The zero-order chi connectivity index (χ0) is 19.6. The number of likely N-dealkylation sites (tertiary alicyclic amines) is 1. The molecule has 7 nitrogen and oxygen atoms in total. The van der Waals surface area contributed by atoms with Gasteiger partial charge in [-0.3, -0.25) is 9.89 Å². The van der Waals surface area contributed by atoms with Crippen LogP contribution >= 0.6 is 24.0 Å². The highest BCUT2D eigenvalue weighted by Crippen LogP contribution is 2.39. The lowest BCUT2D eigenvalue weighted by Gasteiger charge is -2.24. The van der Waals surface area contributed by atoms with E-state index in [1.54, 1.807) is 28.4 Å². The second-order valence-electron chi connectivity index (χ2n) is 6.55. The predicted octanol–water partition coefficient (Wildman–Crippen LogP) is 2.52. The van der Waals surface area contributed by atoms with Crippen molar-refractivity contribution < 1.29 is 14.2 Å². The summed E-state index contributed by atoms with van der Waals surface area (Å²) >= 11 is 0. The predicted molar refractivity (Wildman–Crippen MR) is 125 cm³/mol. The second kappa shape index (κ2) is 12.9. The number of aliphatic imine (C=N–C) groups is 1. The maximum Gasteiger partial charge on any atom is 0.203 e. The summed E-state index contributed by atoms with van der Waals surface area (Å²) in [7, 11) is 6.70. The van der Waals surface area contributed by atoms with Gasteiger partial charge in [0, 0.05) is 31.7 Å². The van der Waals surface area contributed by atoms with Crippen LogP contribution in [0.4, 0.5) is 0 Å². The quantitative estimate of drug-likeness (QED) is 0.305. The summed E-state index contributed by atoms with van der Waals surface area (Å²) in [6.45, 7) is 6.20. The second-order valence-corrected chi connectivity index (χ2v) is 6.55. The zero-order valence-corrected chi connectivity index (χ0v) is 20.0. The van der Waals surface area contributed by atoms with Crippen molar-refractivity contribution >= 4 is 29.9 Å². The Kier molecular flexibility index (Phi) is 11.4. The third-order valence-corrected chi connectivity index (χ3v) is 5.11. The normalized spacial score (nSPS) is 17.0. The van der Waals surface area contributed by atoms with Gasteiger partial charge in [0.25, 0.3) is 0 Å². The van der Waals surface area contributed by atoms with Crippen LogP contribution in [0.25, 0.3) is 0 Å². The molecular weight excluding hydrogens is 471 g/mol. The minimum atomic E-state index is 0. The Labute approximate surface area is 186 Å². The first-order valence-corrected chi connectivity index (χ1v) is 9.64. The SMILES string of the molecule is CCN1CCCC1CNC(=NC)NCCc1ccc(OC)c(OC)c1OC.I. The van der Waals surface area contributed by atoms with Crippen LogP contribution in [0.5, 0.6) is 17.2 Å². The van der Waals surface area contributed by atoms with Crippen LogP contribution < -0.4 is 24.8 Å². The summed E-state index contributed by atoms with van der Waals surface area (Å²) in [5, 5.41) is 6.84. The number of halogens is 1. The Balaban J connectivity index is 0.00000392. The number of benzene rings is 1. The van der Waals surface area contributed by atoms with Crippen molar-refractivity contribution in [3.05, 3.63) is 17.7 Å². The van der Waals surface area contributed by atoms with E-state index in [1.807, 2.05) is 12.1 Å². The van der Waals surface area contributed by atoms with E-state index in [4.69, 9.17) is 14.2 Å². The molecule has 0 spiro atoms. The molecule has 160 valence electrons. The lowest BCUT2D eigenvalue weighted by Crippen LogP contribution is -2.45. The Morgan fingerprint density at radius 3 is 2.50 bits per heavy atom. The van der Waals surface area contributed by atoms with Crippen molar-refractivity contribution in [1.82, 2.24) is 15.5 Å². The topological polar surface area (TPSA) is 67.4 Å². The number of hydrogen-bond donors (Lipinski definition) is 2. The number of guanidine groups is 1. The lowest BCUT2D eigenvalue weighted by molar-refractivity contribution is 0.267. The van der Waals surface area contributed by atoms with E-state index in [9.17, 15) is 0 Å². The fourth-order valence-electron chi connectivity index (χ4n) is 3.65. The summed E-state index contributed by atoms with van der Waals surface area (Å²) in [6, 6.07) is 4.51. The van der Waals surface area contributed by atoms with E-state index in [1.165, 1.54) is 19.4 Å². The molecule has 1 fully saturated rings. The molecule has 0 amide bonds. The molecule has 0 radical (unpaired) electrons. The van der Waals surface area contributed by atoms with E-state index < -0.39 is 0 Å². The van der Waals surface area contributed by atoms with Gasteiger partial charge in [0.2, 0.25) is 5.75 Å². The van der Waals surface area contributed by atoms with Crippen molar-refractivity contribution in [2.24, 2.45) is 4.99 Å². The summed E-state index contributed by atoms with van der Waals surface area (Å²) in [5.41, 5.74) is 1.06.